The highest BCUT2D eigenvalue weighted by molar-refractivity contribution is 5.90. The number of amides is 3. The van der Waals surface area contributed by atoms with Gasteiger partial charge in [0.1, 0.15) is 5.75 Å². The standard InChI is InChI=1S/C18H27N3O3/c1-13(2)20(3)17(22)14-6-5-11-21(12-14)18(23)19-15-7-9-16(24-4)10-8-15/h7-10,13-14H,5-6,11-12H2,1-4H3,(H,19,23). The Morgan fingerprint density at radius 2 is 1.96 bits per heavy atom. The second-order valence-corrected chi connectivity index (χ2v) is 6.49. The number of hydrogen-bond donors (Lipinski definition) is 1. The van der Waals surface area contributed by atoms with Crippen LogP contribution in [0.15, 0.2) is 24.3 Å². The second-order valence-electron chi connectivity index (χ2n) is 6.49. The van der Waals surface area contributed by atoms with Gasteiger partial charge in [-0.3, -0.25) is 4.79 Å². The normalized spacial score (nSPS) is 17.5. The lowest BCUT2D eigenvalue weighted by Crippen LogP contribution is -2.48. The van der Waals surface area contributed by atoms with Gasteiger partial charge in [0.2, 0.25) is 5.91 Å². The smallest absolute Gasteiger partial charge is 0.321 e. The minimum atomic E-state index is -0.162. The molecule has 1 heterocycles. The summed E-state index contributed by atoms with van der Waals surface area (Å²) in [5.74, 6) is 0.744. The third kappa shape index (κ3) is 4.40. The molecule has 0 aliphatic carbocycles. The van der Waals surface area contributed by atoms with Gasteiger partial charge in [0.05, 0.1) is 13.0 Å². The van der Waals surface area contributed by atoms with E-state index in [0.29, 0.717) is 18.8 Å². The van der Waals surface area contributed by atoms with E-state index in [2.05, 4.69) is 5.32 Å². The molecule has 24 heavy (non-hydrogen) atoms. The second kappa shape index (κ2) is 8.04. The van der Waals surface area contributed by atoms with Gasteiger partial charge < -0.3 is 19.9 Å². The average molecular weight is 333 g/mol. The van der Waals surface area contributed by atoms with E-state index in [1.807, 2.05) is 20.9 Å². The van der Waals surface area contributed by atoms with Gasteiger partial charge in [0.15, 0.2) is 0 Å². The molecule has 6 nitrogen and oxygen atoms in total. The average Bonchev–Trinajstić information content (AvgIpc) is 2.61. The molecule has 1 aromatic carbocycles. The zero-order chi connectivity index (χ0) is 17.7. The van der Waals surface area contributed by atoms with Gasteiger partial charge in [-0.25, -0.2) is 4.79 Å². The molecule has 1 unspecified atom stereocenters. The molecule has 1 N–H and O–H groups in total. The lowest BCUT2D eigenvalue weighted by molar-refractivity contribution is -0.137. The molecular weight excluding hydrogens is 306 g/mol. The number of ether oxygens (including phenoxy) is 1. The number of likely N-dealkylation sites (tertiary alicyclic amines) is 1. The minimum Gasteiger partial charge on any atom is -0.497 e. The molecule has 0 spiro atoms. The van der Waals surface area contributed by atoms with E-state index in [1.165, 1.54) is 0 Å². The summed E-state index contributed by atoms with van der Waals surface area (Å²) in [6.07, 6.45) is 1.68. The van der Waals surface area contributed by atoms with Crippen LogP contribution in [-0.2, 0) is 4.79 Å². The Balaban J connectivity index is 1.95. The van der Waals surface area contributed by atoms with E-state index in [1.54, 1.807) is 41.2 Å². The summed E-state index contributed by atoms with van der Waals surface area (Å²) in [5.41, 5.74) is 0.716. The molecule has 2 rings (SSSR count). The summed E-state index contributed by atoms with van der Waals surface area (Å²) in [6.45, 7) is 5.14. The highest BCUT2D eigenvalue weighted by atomic mass is 16.5. The molecule has 6 heteroatoms. The van der Waals surface area contributed by atoms with Crippen molar-refractivity contribution in [1.82, 2.24) is 9.80 Å². The van der Waals surface area contributed by atoms with Crippen molar-refractivity contribution < 1.29 is 14.3 Å². The maximum atomic E-state index is 12.5. The van der Waals surface area contributed by atoms with E-state index in [9.17, 15) is 9.59 Å². The topological polar surface area (TPSA) is 61.9 Å². The number of anilines is 1. The van der Waals surface area contributed by atoms with Crippen LogP contribution in [0.1, 0.15) is 26.7 Å². The summed E-state index contributed by atoms with van der Waals surface area (Å²) in [5, 5.41) is 2.88. The van der Waals surface area contributed by atoms with Crippen molar-refractivity contribution in [1.29, 1.82) is 0 Å². The van der Waals surface area contributed by atoms with Gasteiger partial charge in [0.25, 0.3) is 0 Å². The van der Waals surface area contributed by atoms with Gasteiger partial charge in [-0.05, 0) is 51.0 Å². The largest absolute Gasteiger partial charge is 0.497 e. The van der Waals surface area contributed by atoms with Crippen LogP contribution in [-0.4, -0.2) is 55.0 Å². The number of methoxy groups -OCH3 is 1. The summed E-state index contributed by atoms with van der Waals surface area (Å²) in [7, 11) is 3.43. The highest BCUT2D eigenvalue weighted by Crippen LogP contribution is 2.21. The van der Waals surface area contributed by atoms with Crippen LogP contribution in [0, 0.1) is 5.92 Å². The van der Waals surface area contributed by atoms with Crippen LogP contribution < -0.4 is 10.1 Å². The molecule has 1 aromatic rings. The van der Waals surface area contributed by atoms with Gasteiger partial charge in [-0.1, -0.05) is 0 Å². The maximum absolute atomic E-state index is 12.5. The van der Waals surface area contributed by atoms with Crippen molar-refractivity contribution in [2.45, 2.75) is 32.7 Å². The van der Waals surface area contributed by atoms with Crippen molar-refractivity contribution in [3.63, 3.8) is 0 Å². The number of hydrogen-bond acceptors (Lipinski definition) is 3. The Morgan fingerprint density at radius 3 is 2.54 bits per heavy atom. The van der Waals surface area contributed by atoms with E-state index >= 15 is 0 Å². The molecule has 132 valence electrons. The summed E-state index contributed by atoms with van der Waals surface area (Å²) in [6, 6.07) is 7.21. The van der Waals surface area contributed by atoms with Crippen LogP contribution >= 0.6 is 0 Å². The first-order valence-electron chi connectivity index (χ1n) is 8.39. The van der Waals surface area contributed by atoms with E-state index < -0.39 is 0 Å². The van der Waals surface area contributed by atoms with Crippen molar-refractivity contribution in [2.24, 2.45) is 5.92 Å². The summed E-state index contributed by atoms with van der Waals surface area (Å²) in [4.78, 5) is 28.4. The van der Waals surface area contributed by atoms with Gasteiger partial charge in [-0.15, -0.1) is 0 Å². The van der Waals surface area contributed by atoms with Crippen LogP contribution in [0.25, 0.3) is 0 Å². The number of nitrogens with zero attached hydrogens (tertiary/aromatic N) is 2. The lowest BCUT2D eigenvalue weighted by Gasteiger charge is -2.35. The third-order valence-electron chi connectivity index (χ3n) is 4.52. The number of nitrogens with one attached hydrogen (secondary N) is 1. The first kappa shape index (κ1) is 18.1. The predicted octanol–water partition coefficient (Wildman–Crippen LogP) is 2.81. The molecule has 1 fully saturated rings. The maximum Gasteiger partial charge on any atom is 0.321 e. The Kier molecular flexibility index (Phi) is 6.06. The summed E-state index contributed by atoms with van der Waals surface area (Å²) < 4.78 is 5.11. The van der Waals surface area contributed by atoms with Crippen molar-refractivity contribution in [2.75, 3.05) is 32.6 Å². The van der Waals surface area contributed by atoms with Crippen LogP contribution in [0.2, 0.25) is 0 Å². The Labute approximate surface area is 143 Å². The van der Waals surface area contributed by atoms with Crippen molar-refractivity contribution >= 4 is 17.6 Å². The van der Waals surface area contributed by atoms with Gasteiger partial charge >= 0.3 is 6.03 Å². The SMILES string of the molecule is COc1ccc(NC(=O)N2CCCC(C(=O)N(C)C(C)C)C2)cc1. The van der Waals surface area contributed by atoms with Crippen molar-refractivity contribution in [3.8, 4) is 5.75 Å². The molecule has 0 aromatic heterocycles. The molecule has 1 atom stereocenters. The number of carbonyl (C=O) groups excluding carboxylic acids is 2. The summed E-state index contributed by atoms with van der Waals surface area (Å²) >= 11 is 0. The molecule has 1 aliphatic heterocycles. The van der Waals surface area contributed by atoms with Crippen molar-refractivity contribution in [3.05, 3.63) is 24.3 Å². The molecule has 1 aliphatic rings. The Hall–Kier alpha value is -2.24. The van der Waals surface area contributed by atoms with E-state index in [0.717, 1.165) is 18.6 Å². The number of piperidine rings is 1. The van der Waals surface area contributed by atoms with E-state index in [-0.39, 0.29) is 23.9 Å². The van der Waals surface area contributed by atoms with Crippen LogP contribution in [0.4, 0.5) is 10.5 Å². The predicted molar refractivity (Wildman–Crippen MR) is 94.2 cm³/mol. The Bertz CT molecular complexity index is 571. The Morgan fingerprint density at radius 1 is 1.29 bits per heavy atom. The molecule has 0 bridgehead atoms. The zero-order valence-corrected chi connectivity index (χ0v) is 14.9. The highest BCUT2D eigenvalue weighted by Gasteiger charge is 2.30. The van der Waals surface area contributed by atoms with Crippen LogP contribution in [0.5, 0.6) is 5.75 Å². The third-order valence-corrected chi connectivity index (χ3v) is 4.52. The fourth-order valence-corrected chi connectivity index (χ4v) is 2.78. The number of rotatable bonds is 4. The number of benzene rings is 1. The zero-order valence-electron chi connectivity index (χ0n) is 14.9. The molecular formula is C18H27N3O3. The van der Waals surface area contributed by atoms with Crippen LogP contribution in [0.3, 0.4) is 0 Å². The fraction of sp³-hybridized carbons (Fsp3) is 0.556. The van der Waals surface area contributed by atoms with E-state index in [4.69, 9.17) is 4.74 Å². The van der Waals surface area contributed by atoms with Gasteiger partial charge in [0, 0.05) is 31.9 Å². The molecule has 0 saturated carbocycles. The molecule has 1 saturated heterocycles. The quantitative estimate of drug-likeness (QED) is 0.921. The number of urea groups is 1. The first-order valence-corrected chi connectivity index (χ1v) is 8.39. The molecule has 0 radical (unpaired) electrons. The monoisotopic (exact) mass is 333 g/mol. The van der Waals surface area contributed by atoms with Gasteiger partial charge in [-0.2, -0.15) is 0 Å². The lowest BCUT2D eigenvalue weighted by atomic mass is 9.96. The minimum absolute atomic E-state index is 0.118. The molecule has 3 amide bonds. The fourth-order valence-electron chi connectivity index (χ4n) is 2.78. The first-order chi connectivity index (χ1) is 11.4. The number of carbonyl (C=O) groups is 2.